The quantitative estimate of drug-likeness (QED) is 0.380. The van der Waals surface area contributed by atoms with Crippen LogP contribution in [0.2, 0.25) is 0 Å². The molecule has 1 atom stereocenters. The van der Waals surface area contributed by atoms with Crippen LogP contribution in [0.15, 0.2) is 61.2 Å². The van der Waals surface area contributed by atoms with Gasteiger partial charge in [0, 0.05) is 18.8 Å². The third kappa shape index (κ3) is 6.77. The van der Waals surface area contributed by atoms with Crippen molar-refractivity contribution in [3.63, 3.8) is 0 Å². The van der Waals surface area contributed by atoms with Gasteiger partial charge in [-0.2, -0.15) is 0 Å². The second-order valence-electron chi connectivity index (χ2n) is 6.42. The second-order valence-corrected chi connectivity index (χ2v) is 7.53. The average molecular weight is 372 g/mol. The van der Waals surface area contributed by atoms with E-state index in [1.165, 1.54) is 11.1 Å². The highest BCUT2D eigenvalue weighted by atomic mass is 32.2. The average Bonchev–Trinajstić information content (AvgIpc) is 2.67. The summed E-state index contributed by atoms with van der Waals surface area (Å²) in [5.74, 6) is 3.48. The summed E-state index contributed by atoms with van der Waals surface area (Å²) < 4.78 is 12.9. The summed E-state index contributed by atoms with van der Waals surface area (Å²) in [6.45, 7) is 7.90. The summed E-state index contributed by atoms with van der Waals surface area (Å²) in [6, 6.07) is 16.6. The van der Waals surface area contributed by atoms with Crippen LogP contribution >= 0.6 is 11.9 Å². The highest BCUT2D eigenvalue weighted by molar-refractivity contribution is 7.96. The lowest BCUT2D eigenvalue weighted by Gasteiger charge is -2.23. The van der Waals surface area contributed by atoms with Crippen molar-refractivity contribution in [1.82, 2.24) is 4.31 Å². The molecule has 0 aliphatic heterocycles. The number of methoxy groups -OCH3 is 2. The van der Waals surface area contributed by atoms with Gasteiger partial charge in [0.1, 0.15) is 11.5 Å². The van der Waals surface area contributed by atoms with Crippen molar-refractivity contribution in [3.05, 3.63) is 72.3 Å². The summed E-state index contributed by atoms with van der Waals surface area (Å²) in [6.07, 6.45) is 3.05. The molecule has 3 nitrogen and oxygen atoms in total. The van der Waals surface area contributed by atoms with Gasteiger partial charge in [0.05, 0.1) is 14.2 Å². The largest absolute Gasteiger partial charge is 0.497 e. The molecule has 0 fully saturated rings. The Labute approximate surface area is 162 Å². The Morgan fingerprint density at radius 2 is 1.38 bits per heavy atom. The smallest absolute Gasteiger partial charge is 0.118 e. The molecule has 0 heterocycles. The first-order valence-corrected chi connectivity index (χ1v) is 9.83. The van der Waals surface area contributed by atoms with Crippen molar-refractivity contribution in [1.29, 1.82) is 0 Å². The van der Waals surface area contributed by atoms with Gasteiger partial charge in [0.2, 0.25) is 0 Å². The predicted octanol–water partition coefficient (Wildman–Crippen LogP) is 5.57. The molecule has 0 saturated heterocycles. The molecule has 0 spiro atoms. The van der Waals surface area contributed by atoms with E-state index < -0.39 is 0 Å². The van der Waals surface area contributed by atoms with Gasteiger partial charge in [0.25, 0.3) is 0 Å². The fourth-order valence-corrected chi connectivity index (χ4v) is 3.68. The Kier molecular flexibility index (Phi) is 8.59. The summed E-state index contributed by atoms with van der Waals surface area (Å²) in [5.41, 5.74) is 2.56. The van der Waals surface area contributed by atoms with Crippen LogP contribution in [0.5, 0.6) is 11.5 Å². The minimum atomic E-state index is 0.617. The normalized spacial score (nSPS) is 12.0. The van der Waals surface area contributed by atoms with Crippen LogP contribution in [0.25, 0.3) is 0 Å². The van der Waals surface area contributed by atoms with Gasteiger partial charge >= 0.3 is 0 Å². The maximum absolute atomic E-state index is 5.26. The highest BCUT2D eigenvalue weighted by Crippen LogP contribution is 2.24. The first-order chi connectivity index (χ1) is 12.6. The van der Waals surface area contributed by atoms with Crippen molar-refractivity contribution in [3.8, 4) is 11.5 Å². The summed E-state index contributed by atoms with van der Waals surface area (Å²) >= 11 is 1.90. The SMILES string of the molecule is C=CC[C@H](C)CSN(Cc1ccc(OC)cc1)Cc1ccc(OC)cc1. The molecule has 0 aliphatic rings. The molecule has 0 bridgehead atoms. The zero-order valence-electron chi connectivity index (χ0n) is 16.0. The van der Waals surface area contributed by atoms with Gasteiger partial charge in [-0.3, -0.25) is 0 Å². The Morgan fingerprint density at radius 1 is 0.923 bits per heavy atom. The van der Waals surface area contributed by atoms with Crippen LogP contribution in [0, 0.1) is 5.92 Å². The van der Waals surface area contributed by atoms with E-state index in [1.807, 2.05) is 42.3 Å². The summed E-state index contributed by atoms with van der Waals surface area (Å²) in [7, 11) is 3.39. The molecular weight excluding hydrogens is 342 g/mol. The zero-order valence-corrected chi connectivity index (χ0v) is 16.8. The number of benzene rings is 2. The standard InChI is InChI=1S/C22H29NO2S/c1-5-6-18(2)17-26-23(15-19-7-11-21(24-3)12-8-19)16-20-9-13-22(25-4)14-10-20/h5,7-14,18H,1,6,15-17H2,2-4H3/t18-/m0/s1. The summed E-state index contributed by atoms with van der Waals surface area (Å²) in [5, 5.41) is 0. The zero-order chi connectivity index (χ0) is 18.8. The van der Waals surface area contributed by atoms with Gasteiger partial charge in [-0.25, -0.2) is 4.31 Å². The Hall–Kier alpha value is -1.91. The maximum atomic E-state index is 5.26. The lowest BCUT2D eigenvalue weighted by molar-refractivity contribution is 0.413. The second kappa shape index (κ2) is 10.9. The summed E-state index contributed by atoms with van der Waals surface area (Å²) in [4.78, 5) is 0. The molecule has 2 aromatic rings. The first kappa shape index (κ1) is 20.4. The van der Waals surface area contributed by atoms with Crippen molar-refractivity contribution < 1.29 is 9.47 Å². The molecule has 26 heavy (non-hydrogen) atoms. The van der Waals surface area contributed by atoms with E-state index in [9.17, 15) is 0 Å². The number of rotatable bonds is 11. The van der Waals surface area contributed by atoms with E-state index in [2.05, 4.69) is 42.1 Å². The molecule has 2 aromatic carbocycles. The topological polar surface area (TPSA) is 21.7 Å². The van der Waals surface area contributed by atoms with Crippen LogP contribution in [-0.4, -0.2) is 24.3 Å². The third-order valence-electron chi connectivity index (χ3n) is 4.15. The number of allylic oxidation sites excluding steroid dienone is 1. The van der Waals surface area contributed by atoms with Gasteiger partial charge < -0.3 is 9.47 Å². The number of nitrogens with zero attached hydrogens (tertiary/aromatic N) is 1. The molecule has 0 aromatic heterocycles. The van der Waals surface area contributed by atoms with E-state index in [-0.39, 0.29) is 0 Å². The fourth-order valence-electron chi connectivity index (χ4n) is 2.60. The van der Waals surface area contributed by atoms with Gasteiger partial charge in [0.15, 0.2) is 0 Å². The minimum absolute atomic E-state index is 0.617. The molecule has 0 aliphatic carbocycles. The third-order valence-corrected chi connectivity index (χ3v) is 5.49. The molecule has 0 amide bonds. The van der Waals surface area contributed by atoms with Gasteiger partial charge in [-0.15, -0.1) is 6.58 Å². The van der Waals surface area contributed by atoms with Crippen molar-refractivity contribution in [2.24, 2.45) is 5.92 Å². The van der Waals surface area contributed by atoms with E-state index in [4.69, 9.17) is 9.47 Å². The van der Waals surface area contributed by atoms with Gasteiger partial charge in [-0.05, 0) is 47.7 Å². The number of ether oxygens (including phenoxy) is 2. The molecule has 0 saturated carbocycles. The van der Waals surface area contributed by atoms with E-state index in [0.29, 0.717) is 5.92 Å². The number of hydrogen-bond acceptors (Lipinski definition) is 4. The Bertz CT molecular complexity index is 605. The maximum Gasteiger partial charge on any atom is 0.118 e. The lowest BCUT2D eigenvalue weighted by atomic mass is 10.1. The first-order valence-electron chi connectivity index (χ1n) is 8.89. The van der Waals surface area contributed by atoms with E-state index >= 15 is 0 Å². The predicted molar refractivity (Wildman–Crippen MR) is 112 cm³/mol. The monoisotopic (exact) mass is 371 g/mol. The molecular formula is C22H29NO2S. The Morgan fingerprint density at radius 3 is 1.77 bits per heavy atom. The highest BCUT2D eigenvalue weighted by Gasteiger charge is 2.11. The van der Waals surface area contributed by atoms with Crippen LogP contribution < -0.4 is 9.47 Å². The molecule has 0 radical (unpaired) electrons. The van der Waals surface area contributed by atoms with Crippen molar-refractivity contribution >= 4 is 11.9 Å². The van der Waals surface area contributed by atoms with Crippen LogP contribution in [0.4, 0.5) is 0 Å². The number of hydrogen-bond donors (Lipinski definition) is 0. The van der Waals surface area contributed by atoms with E-state index in [0.717, 1.165) is 36.8 Å². The fraction of sp³-hybridized carbons (Fsp3) is 0.364. The van der Waals surface area contributed by atoms with Crippen LogP contribution in [0.1, 0.15) is 24.5 Å². The van der Waals surface area contributed by atoms with Crippen LogP contribution in [-0.2, 0) is 13.1 Å². The molecule has 4 heteroatoms. The van der Waals surface area contributed by atoms with Crippen molar-refractivity contribution in [2.45, 2.75) is 26.4 Å². The van der Waals surface area contributed by atoms with E-state index in [1.54, 1.807) is 14.2 Å². The molecule has 2 rings (SSSR count). The van der Waals surface area contributed by atoms with Gasteiger partial charge in [-0.1, -0.05) is 49.2 Å². The Balaban J connectivity index is 2.04. The molecule has 140 valence electrons. The lowest BCUT2D eigenvalue weighted by Crippen LogP contribution is -2.17. The molecule has 0 unspecified atom stereocenters. The van der Waals surface area contributed by atoms with Crippen LogP contribution in [0.3, 0.4) is 0 Å². The minimum Gasteiger partial charge on any atom is -0.497 e. The molecule has 0 N–H and O–H groups in total. The van der Waals surface area contributed by atoms with Crippen molar-refractivity contribution in [2.75, 3.05) is 20.0 Å².